The third kappa shape index (κ3) is 2.36. The van der Waals surface area contributed by atoms with Crippen molar-refractivity contribution >= 4 is 16.9 Å². The van der Waals surface area contributed by atoms with Crippen LogP contribution in [0.4, 0.5) is 0 Å². The van der Waals surface area contributed by atoms with Crippen molar-refractivity contribution in [3.63, 3.8) is 0 Å². The monoisotopic (exact) mass is 259 g/mol. The maximum absolute atomic E-state index is 11.3. The molecule has 0 bridgehead atoms. The average Bonchev–Trinajstić information content (AvgIpc) is 2.83. The highest BCUT2D eigenvalue weighted by molar-refractivity contribution is 6.03. The molecule has 1 aliphatic heterocycles. The van der Waals surface area contributed by atoms with Gasteiger partial charge in [0.15, 0.2) is 0 Å². The van der Waals surface area contributed by atoms with Crippen LogP contribution in [-0.2, 0) is 6.54 Å². The zero-order chi connectivity index (χ0) is 13.2. The molecule has 0 unspecified atom stereocenters. The van der Waals surface area contributed by atoms with Gasteiger partial charge in [-0.15, -0.1) is 0 Å². The summed E-state index contributed by atoms with van der Waals surface area (Å²) < 4.78 is 5.49. The summed E-state index contributed by atoms with van der Waals surface area (Å²) in [5.74, 6) is -0.896. The lowest BCUT2D eigenvalue weighted by atomic mass is 10.0. The van der Waals surface area contributed by atoms with Crippen LogP contribution in [0.2, 0.25) is 0 Å². The Kier molecular flexibility index (Phi) is 3.25. The molecule has 1 fully saturated rings. The number of piperidine rings is 1. The number of benzene rings is 1. The maximum atomic E-state index is 11.3. The number of hydrogen-bond donors (Lipinski definition) is 1. The van der Waals surface area contributed by atoms with Gasteiger partial charge in [0, 0.05) is 17.5 Å². The summed E-state index contributed by atoms with van der Waals surface area (Å²) >= 11 is 0. The number of nitrogens with zero attached hydrogens (tertiary/aromatic N) is 1. The van der Waals surface area contributed by atoms with Crippen LogP contribution >= 0.6 is 0 Å². The molecule has 1 aliphatic rings. The minimum atomic E-state index is -0.896. The predicted octanol–water partition coefficient (Wildman–Crippen LogP) is 3.12. The van der Waals surface area contributed by atoms with Crippen molar-refractivity contribution in [2.75, 3.05) is 13.1 Å². The van der Waals surface area contributed by atoms with Crippen LogP contribution in [0.25, 0.3) is 11.0 Å². The third-order valence-corrected chi connectivity index (χ3v) is 3.75. The highest BCUT2D eigenvalue weighted by Crippen LogP contribution is 2.27. The second kappa shape index (κ2) is 5.05. The van der Waals surface area contributed by atoms with Gasteiger partial charge in [-0.3, -0.25) is 4.90 Å². The van der Waals surface area contributed by atoms with Crippen LogP contribution in [0.3, 0.4) is 0 Å². The van der Waals surface area contributed by atoms with Crippen molar-refractivity contribution in [2.24, 2.45) is 0 Å². The summed E-state index contributed by atoms with van der Waals surface area (Å²) in [6, 6.07) is 5.18. The zero-order valence-electron chi connectivity index (χ0n) is 10.8. The molecule has 0 saturated carbocycles. The lowest BCUT2D eigenvalue weighted by Gasteiger charge is -2.25. The van der Waals surface area contributed by atoms with Gasteiger partial charge in [0.05, 0.1) is 11.8 Å². The first-order valence-electron chi connectivity index (χ1n) is 6.70. The Morgan fingerprint density at radius 2 is 2.05 bits per heavy atom. The fourth-order valence-electron chi connectivity index (χ4n) is 2.81. The number of aromatic carboxylic acids is 1. The third-order valence-electron chi connectivity index (χ3n) is 3.75. The van der Waals surface area contributed by atoms with Crippen molar-refractivity contribution in [3.8, 4) is 0 Å². The Bertz CT molecular complexity index is 596. The standard InChI is InChI=1S/C15H17NO3/c17-15(18)12-5-4-6-13-14(12)11(10-19-13)9-16-7-2-1-3-8-16/h4-6,10H,1-3,7-9H2,(H,17,18). The number of fused-ring (bicyclic) bond motifs is 1. The number of carbonyl (C=O) groups is 1. The van der Waals surface area contributed by atoms with E-state index in [1.807, 2.05) is 6.07 Å². The fourth-order valence-corrected chi connectivity index (χ4v) is 2.81. The van der Waals surface area contributed by atoms with Gasteiger partial charge in [-0.1, -0.05) is 12.5 Å². The van der Waals surface area contributed by atoms with E-state index in [4.69, 9.17) is 4.42 Å². The minimum Gasteiger partial charge on any atom is -0.478 e. The molecule has 4 nitrogen and oxygen atoms in total. The van der Waals surface area contributed by atoms with Gasteiger partial charge < -0.3 is 9.52 Å². The van der Waals surface area contributed by atoms with Crippen molar-refractivity contribution in [1.29, 1.82) is 0 Å². The summed E-state index contributed by atoms with van der Waals surface area (Å²) in [4.78, 5) is 13.7. The molecule has 0 spiro atoms. The van der Waals surface area contributed by atoms with Crippen molar-refractivity contribution in [2.45, 2.75) is 25.8 Å². The molecule has 19 heavy (non-hydrogen) atoms. The molecular weight excluding hydrogens is 242 g/mol. The van der Waals surface area contributed by atoms with Gasteiger partial charge in [-0.05, 0) is 38.1 Å². The number of rotatable bonds is 3. The van der Waals surface area contributed by atoms with Gasteiger partial charge in [0.1, 0.15) is 5.58 Å². The molecule has 4 heteroatoms. The van der Waals surface area contributed by atoms with Crippen LogP contribution in [-0.4, -0.2) is 29.1 Å². The van der Waals surface area contributed by atoms with Crippen LogP contribution in [0.1, 0.15) is 35.2 Å². The zero-order valence-corrected chi connectivity index (χ0v) is 10.8. The summed E-state index contributed by atoms with van der Waals surface area (Å²) in [7, 11) is 0. The Labute approximate surface area is 111 Å². The number of furan rings is 1. The largest absolute Gasteiger partial charge is 0.478 e. The van der Waals surface area contributed by atoms with E-state index in [0.29, 0.717) is 11.1 Å². The van der Waals surface area contributed by atoms with Crippen molar-refractivity contribution in [3.05, 3.63) is 35.6 Å². The molecule has 1 saturated heterocycles. The second-order valence-corrected chi connectivity index (χ2v) is 5.08. The van der Waals surface area contributed by atoms with Gasteiger partial charge in [0.25, 0.3) is 0 Å². The van der Waals surface area contributed by atoms with Gasteiger partial charge >= 0.3 is 5.97 Å². The molecule has 1 aromatic carbocycles. The Balaban J connectivity index is 1.96. The van der Waals surface area contributed by atoms with Crippen LogP contribution in [0.5, 0.6) is 0 Å². The first-order valence-corrected chi connectivity index (χ1v) is 6.70. The Morgan fingerprint density at radius 3 is 2.79 bits per heavy atom. The molecule has 1 aromatic heterocycles. The first-order chi connectivity index (χ1) is 9.25. The number of carboxylic acid groups (broad SMARTS) is 1. The van der Waals surface area contributed by atoms with Crippen molar-refractivity contribution < 1.29 is 14.3 Å². The van der Waals surface area contributed by atoms with E-state index in [9.17, 15) is 9.90 Å². The average molecular weight is 259 g/mol. The highest BCUT2D eigenvalue weighted by atomic mass is 16.4. The predicted molar refractivity (Wildman–Crippen MR) is 72.3 cm³/mol. The van der Waals surface area contributed by atoms with Gasteiger partial charge in [0.2, 0.25) is 0 Å². The number of hydrogen-bond acceptors (Lipinski definition) is 3. The molecular formula is C15H17NO3. The SMILES string of the molecule is O=C(O)c1cccc2occ(CN3CCCCC3)c12. The summed E-state index contributed by atoms with van der Waals surface area (Å²) in [6.45, 7) is 2.95. The van der Waals surface area contributed by atoms with Gasteiger partial charge in [-0.25, -0.2) is 4.79 Å². The quantitative estimate of drug-likeness (QED) is 0.920. The lowest BCUT2D eigenvalue weighted by molar-refractivity contribution is 0.0699. The molecule has 2 heterocycles. The van der Waals surface area contributed by atoms with E-state index >= 15 is 0 Å². The lowest BCUT2D eigenvalue weighted by Crippen LogP contribution is -2.29. The highest BCUT2D eigenvalue weighted by Gasteiger charge is 2.18. The minimum absolute atomic E-state index is 0.332. The topological polar surface area (TPSA) is 53.7 Å². The summed E-state index contributed by atoms with van der Waals surface area (Å²) in [6.07, 6.45) is 5.44. The van der Waals surface area contributed by atoms with Crippen LogP contribution in [0.15, 0.2) is 28.9 Å². The Hall–Kier alpha value is -1.81. The van der Waals surface area contributed by atoms with Crippen molar-refractivity contribution in [1.82, 2.24) is 4.90 Å². The molecule has 100 valence electrons. The molecule has 0 atom stereocenters. The van der Waals surface area contributed by atoms with E-state index in [0.717, 1.165) is 30.6 Å². The smallest absolute Gasteiger partial charge is 0.336 e. The maximum Gasteiger partial charge on any atom is 0.336 e. The molecule has 1 N–H and O–H groups in total. The van der Waals surface area contributed by atoms with Gasteiger partial charge in [-0.2, -0.15) is 0 Å². The summed E-state index contributed by atoms with van der Waals surface area (Å²) in [5.41, 5.74) is 1.97. The molecule has 2 aromatic rings. The molecule has 0 amide bonds. The van der Waals surface area contributed by atoms with Crippen LogP contribution in [0, 0.1) is 0 Å². The fraction of sp³-hybridized carbons (Fsp3) is 0.400. The summed E-state index contributed by atoms with van der Waals surface area (Å²) in [5, 5.41) is 10.0. The first kappa shape index (κ1) is 12.2. The number of likely N-dealkylation sites (tertiary alicyclic amines) is 1. The molecule has 0 aliphatic carbocycles. The van der Waals surface area contributed by atoms with E-state index < -0.39 is 5.97 Å². The van der Waals surface area contributed by atoms with E-state index in [-0.39, 0.29) is 0 Å². The van der Waals surface area contributed by atoms with E-state index in [1.165, 1.54) is 19.3 Å². The Morgan fingerprint density at radius 1 is 1.26 bits per heavy atom. The van der Waals surface area contributed by atoms with Crippen LogP contribution < -0.4 is 0 Å². The van der Waals surface area contributed by atoms with E-state index in [1.54, 1.807) is 18.4 Å². The van der Waals surface area contributed by atoms with E-state index in [2.05, 4.69) is 4.90 Å². The second-order valence-electron chi connectivity index (χ2n) is 5.08. The normalized spacial score (nSPS) is 16.8. The molecule has 3 rings (SSSR count). The molecule has 0 radical (unpaired) electrons. The number of carboxylic acids is 1.